The van der Waals surface area contributed by atoms with Gasteiger partial charge in [-0.25, -0.2) is 9.18 Å². The van der Waals surface area contributed by atoms with Crippen molar-refractivity contribution >= 4 is 17.7 Å². The van der Waals surface area contributed by atoms with E-state index in [1.54, 1.807) is 30.7 Å². The Hall–Kier alpha value is -3.81. The van der Waals surface area contributed by atoms with E-state index in [1.807, 2.05) is 24.3 Å². The highest BCUT2D eigenvalue weighted by atomic mass is 19.1. The molecule has 1 fully saturated rings. The summed E-state index contributed by atoms with van der Waals surface area (Å²) in [5, 5.41) is 2.62. The Labute approximate surface area is 191 Å². The van der Waals surface area contributed by atoms with Crippen LogP contribution >= 0.6 is 0 Å². The van der Waals surface area contributed by atoms with Crippen LogP contribution in [0.1, 0.15) is 24.6 Å². The van der Waals surface area contributed by atoms with Gasteiger partial charge >= 0.3 is 6.09 Å². The van der Waals surface area contributed by atoms with Gasteiger partial charge in [-0.15, -0.1) is 0 Å². The summed E-state index contributed by atoms with van der Waals surface area (Å²) in [6.45, 7) is 1.86. The Kier molecular flexibility index (Phi) is 6.92. The molecule has 1 aromatic carbocycles. The molecule has 33 heavy (non-hydrogen) atoms. The van der Waals surface area contributed by atoms with Crippen molar-refractivity contribution in [3.8, 4) is 11.1 Å². The van der Waals surface area contributed by atoms with Crippen molar-refractivity contribution in [2.24, 2.45) is 0 Å². The fourth-order valence-electron chi connectivity index (χ4n) is 3.76. The van der Waals surface area contributed by atoms with E-state index < -0.39 is 18.0 Å². The number of ether oxygens (including phenoxy) is 1. The minimum absolute atomic E-state index is 0.201. The van der Waals surface area contributed by atoms with Gasteiger partial charge in [0.1, 0.15) is 11.9 Å². The van der Waals surface area contributed by atoms with Crippen LogP contribution in [-0.4, -0.2) is 41.2 Å². The molecule has 1 saturated heterocycles. The summed E-state index contributed by atoms with van der Waals surface area (Å²) in [5.74, 6) is -0.647. The van der Waals surface area contributed by atoms with E-state index in [0.29, 0.717) is 16.8 Å². The molecule has 8 heteroatoms. The molecular weight excluding hydrogens is 423 g/mol. The van der Waals surface area contributed by atoms with E-state index in [-0.39, 0.29) is 19.0 Å². The average molecular weight is 448 g/mol. The molecule has 0 bridgehead atoms. The third-order valence-electron chi connectivity index (χ3n) is 5.50. The van der Waals surface area contributed by atoms with Gasteiger partial charge in [0, 0.05) is 42.3 Å². The van der Waals surface area contributed by atoms with Crippen LogP contribution in [0.15, 0.2) is 61.1 Å². The molecule has 1 aliphatic rings. The monoisotopic (exact) mass is 448 g/mol. The Morgan fingerprint density at radius 2 is 2.00 bits per heavy atom. The predicted molar refractivity (Wildman–Crippen MR) is 122 cm³/mol. The summed E-state index contributed by atoms with van der Waals surface area (Å²) in [5.41, 5.74) is 3.69. The van der Waals surface area contributed by atoms with Crippen molar-refractivity contribution in [2.75, 3.05) is 18.0 Å². The first-order valence-corrected chi connectivity index (χ1v) is 10.9. The Morgan fingerprint density at radius 1 is 1.18 bits per heavy atom. The number of carbonyl (C=O) groups excluding carboxylic acids is 2. The minimum atomic E-state index is -0.560. The first-order chi connectivity index (χ1) is 16.0. The van der Waals surface area contributed by atoms with E-state index in [4.69, 9.17) is 4.74 Å². The predicted octanol–water partition coefficient (Wildman–Crippen LogP) is 3.92. The molecule has 170 valence electrons. The highest BCUT2D eigenvalue weighted by molar-refractivity contribution is 5.90. The third-order valence-corrected chi connectivity index (χ3v) is 5.50. The number of cyclic esters (lactones) is 1. The van der Waals surface area contributed by atoms with Gasteiger partial charge in [0.15, 0.2) is 0 Å². The maximum absolute atomic E-state index is 14.9. The number of nitrogens with one attached hydrogen (secondary N) is 1. The summed E-state index contributed by atoms with van der Waals surface area (Å²) >= 11 is 0. The average Bonchev–Trinajstić information content (AvgIpc) is 3.19. The van der Waals surface area contributed by atoms with E-state index in [1.165, 1.54) is 23.5 Å². The number of rotatable bonds is 8. The summed E-state index contributed by atoms with van der Waals surface area (Å²) in [6, 6.07) is 12.4. The van der Waals surface area contributed by atoms with Crippen LogP contribution in [0.5, 0.6) is 0 Å². The second-order valence-corrected chi connectivity index (χ2v) is 7.96. The van der Waals surface area contributed by atoms with Crippen molar-refractivity contribution in [3.05, 3.63) is 78.1 Å². The standard InChI is InChI=1S/C25H25FN4O3/c1-17(31)28-15-22-16-30(25(32)33-22)21-7-8-23(24(26)13-21)19-5-6-20(29-14-19)4-2-3-18-9-11-27-12-10-18/h5-14,22H,2-4,15-16H2,1H3,(H,28,31)/t22-/m0/s1. The van der Waals surface area contributed by atoms with E-state index in [0.717, 1.165) is 25.0 Å². The summed E-state index contributed by atoms with van der Waals surface area (Å²) in [4.78, 5) is 33.1. The fourth-order valence-corrected chi connectivity index (χ4v) is 3.76. The second-order valence-electron chi connectivity index (χ2n) is 7.96. The molecule has 0 aliphatic carbocycles. The van der Waals surface area contributed by atoms with Crippen LogP contribution < -0.4 is 10.2 Å². The van der Waals surface area contributed by atoms with Gasteiger partial charge in [-0.2, -0.15) is 0 Å². The maximum atomic E-state index is 14.9. The third kappa shape index (κ3) is 5.71. The van der Waals surface area contributed by atoms with Crippen molar-refractivity contribution in [2.45, 2.75) is 32.3 Å². The first-order valence-electron chi connectivity index (χ1n) is 10.9. The molecule has 0 spiro atoms. The summed E-state index contributed by atoms with van der Waals surface area (Å²) in [6.07, 6.45) is 6.97. The lowest BCUT2D eigenvalue weighted by Gasteiger charge is -2.14. The molecule has 7 nitrogen and oxygen atoms in total. The molecule has 0 radical (unpaired) electrons. The van der Waals surface area contributed by atoms with Crippen LogP contribution in [0.3, 0.4) is 0 Å². The van der Waals surface area contributed by atoms with Crippen molar-refractivity contribution in [3.63, 3.8) is 0 Å². The van der Waals surface area contributed by atoms with Crippen molar-refractivity contribution in [1.82, 2.24) is 15.3 Å². The van der Waals surface area contributed by atoms with E-state index in [9.17, 15) is 14.0 Å². The molecule has 4 rings (SSSR count). The van der Waals surface area contributed by atoms with Gasteiger partial charge in [0.2, 0.25) is 5.91 Å². The highest BCUT2D eigenvalue weighted by Gasteiger charge is 2.32. The number of halogens is 1. The number of hydrogen-bond donors (Lipinski definition) is 1. The molecule has 2 aromatic heterocycles. The largest absolute Gasteiger partial charge is 0.442 e. The number of benzene rings is 1. The molecule has 3 heterocycles. The molecule has 1 aliphatic heterocycles. The molecular formula is C25H25FN4O3. The van der Waals surface area contributed by atoms with Crippen LogP contribution in [0.2, 0.25) is 0 Å². The summed E-state index contributed by atoms with van der Waals surface area (Å²) < 4.78 is 20.1. The zero-order valence-corrected chi connectivity index (χ0v) is 18.3. The maximum Gasteiger partial charge on any atom is 0.414 e. The number of pyridine rings is 2. The normalized spacial score (nSPS) is 15.4. The van der Waals surface area contributed by atoms with Crippen molar-refractivity contribution in [1.29, 1.82) is 0 Å². The van der Waals surface area contributed by atoms with Crippen LogP contribution in [0, 0.1) is 5.82 Å². The van der Waals surface area contributed by atoms with Crippen LogP contribution in [0.25, 0.3) is 11.1 Å². The number of aryl methyl sites for hydroxylation is 2. The van der Waals surface area contributed by atoms with E-state index >= 15 is 0 Å². The lowest BCUT2D eigenvalue weighted by Crippen LogP contribution is -2.33. The number of anilines is 1. The topological polar surface area (TPSA) is 84.4 Å². The second kappa shape index (κ2) is 10.2. The van der Waals surface area contributed by atoms with Crippen LogP contribution in [-0.2, 0) is 22.4 Å². The number of carbonyl (C=O) groups is 2. The molecule has 3 aromatic rings. The number of aromatic nitrogens is 2. The highest BCUT2D eigenvalue weighted by Crippen LogP contribution is 2.29. The zero-order valence-electron chi connectivity index (χ0n) is 18.3. The summed E-state index contributed by atoms with van der Waals surface area (Å²) in [7, 11) is 0. The molecule has 0 saturated carbocycles. The fraction of sp³-hybridized carbons (Fsp3) is 0.280. The number of nitrogens with zero attached hydrogens (tertiary/aromatic N) is 3. The Bertz CT molecular complexity index is 1120. The SMILES string of the molecule is CC(=O)NC[C@H]1CN(c2ccc(-c3ccc(CCCc4ccncc4)nc3)c(F)c2)C(=O)O1. The van der Waals surface area contributed by atoms with E-state index in [2.05, 4.69) is 15.3 Å². The Morgan fingerprint density at radius 3 is 2.70 bits per heavy atom. The number of amides is 2. The lowest BCUT2D eigenvalue weighted by atomic mass is 10.0. The molecule has 1 N–H and O–H groups in total. The van der Waals surface area contributed by atoms with Gasteiger partial charge in [0.05, 0.1) is 18.8 Å². The quantitative estimate of drug-likeness (QED) is 0.565. The number of hydrogen-bond acceptors (Lipinski definition) is 5. The van der Waals surface area contributed by atoms with Gasteiger partial charge < -0.3 is 10.1 Å². The molecule has 0 unspecified atom stereocenters. The smallest absolute Gasteiger partial charge is 0.414 e. The van der Waals surface area contributed by atoms with Crippen LogP contribution in [0.4, 0.5) is 14.9 Å². The van der Waals surface area contributed by atoms with Gasteiger partial charge in [-0.3, -0.25) is 19.7 Å². The lowest BCUT2D eigenvalue weighted by molar-refractivity contribution is -0.119. The molecule has 1 atom stereocenters. The van der Waals surface area contributed by atoms with Gasteiger partial charge in [-0.05, 0) is 61.2 Å². The minimum Gasteiger partial charge on any atom is -0.442 e. The zero-order chi connectivity index (χ0) is 23.2. The Balaban J connectivity index is 1.37. The van der Waals surface area contributed by atoms with Crippen molar-refractivity contribution < 1.29 is 18.7 Å². The first kappa shape index (κ1) is 22.4. The molecule has 2 amide bonds. The van der Waals surface area contributed by atoms with Gasteiger partial charge in [-0.1, -0.05) is 6.07 Å². The van der Waals surface area contributed by atoms with Gasteiger partial charge in [0.25, 0.3) is 0 Å².